The molecule has 3 nitrogen and oxygen atoms in total. The van der Waals surface area contributed by atoms with E-state index in [1.54, 1.807) is 0 Å². The van der Waals surface area contributed by atoms with E-state index in [0.717, 1.165) is 0 Å². The summed E-state index contributed by atoms with van der Waals surface area (Å²) in [7, 11) is 0. The number of alkyl halides is 1. The fourth-order valence-electron chi connectivity index (χ4n) is 3.05. The molecule has 3 atom stereocenters. The van der Waals surface area contributed by atoms with Crippen molar-refractivity contribution < 1.29 is 9.18 Å². The van der Waals surface area contributed by atoms with E-state index in [0.29, 0.717) is 0 Å². The molecule has 0 bridgehead atoms. The minimum absolute atomic E-state index is 0.0213. The number of amides is 1. The molecule has 1 heterocycles. The second kappa shape index (κ2) is 5.32. The highest BCUT2D eigenvalue weighted by Gasteiger charge is 2.46. The maximum absolute atomic E-state index is 13.5. The number of carbonyl (C=O) groups excluding carboxylic acids is 1. The van der Waals surface area contributed by atoms with Gasteiger partial charge in [-0.15, -0.1) is 0 Å². The third-order valence-corrected chi connectivity index (χ3v) is 3.76. The molecular weight excluding hydrogens is 263 g/mol. The van der Waals surface area contributed by atoms with Crippen LogP contribution in [-0.4, -0.2) is 34.3 Å². The number of thiol groups is 1. The first-order valence-electron chi connectivity index (χ1n) is 6.55. The fraction of sp³-hybridized carbons (Fsp3) is 0.857. The van der Waals surface area contributed by atoms with Crippen LogP contribution in [0, 0.1) is 22.7 Å². The van der Waals surface area contributed by atoms with E-state index >= 15 is 0 Å². The Morgan fingerprint density at radius 1 is 1.42 bits per heavy atom. The van der Waals surface area contributed by atoms with E-state index in [-0.39, 0.29) is 30.2 Å². The Morgan fingerprint density at radius 2 is 1.95 bits per heavy atom. The highest BCUT2D eigenvalue weighted by molar-refractivity contribution is 7.81. The van der Waals surface area contributed by atoms with Gasteiger partial charge in [-0.25, -0.2) is 4.39 Å². The summed E-state index contributed by atoms with van der Waals surface area (Å²) in [4.78, 5) is 14.1. The van der Waals surface area contributed by atoms with Crippen molar-refractivity contribution in [2.24, 2.45) is 11.3 Å². The highest BCUT2D eigenvalue weighted by atomic mass is 32.1. The lowest BCUT2D eigenvalue weighted by Crippen LogP contribution is -2.50. The summed E-state index contributed by atoms with van der Waals surface area (Å²) in [5.41, 5.74) is -0.295. The first-order valence-corrected chi connectivity index (χ1v) is 6.99. The zero-order chi connectivity index (χ0) is 15.0. The lowest BCUT2D eigenvalue weighted by Gasteiger charge is -2.41. The molecule has 1 rings (SSSR count). The molecule has 0 aromatic carbocycles. The van der Waals surface area contributed by atoms with E-state index in [2.05, 4.69) is 12.6 Å². The molecule has 19 heavy (non-hydrogen) atoms. The van der Waals surface area contributed by atoms with Gasteiger partial charge in [0.05, 0.1) is 18.5 Å². The van der Waals surface area contributed by atoms with E-state index in [1.807, 2.05) is 40.7 Å². The fourth-order valence-corrected chi connectivity index (χ4v) is 3.55. The summed E-state index contributed by atoms with van der Waals surface area (Å²) in [6.07, 6.45) is -0.983. The molecule has 1 fully saturated rings. The summed E-state index contributed by atoms with van der Waals surface area (Å²) >= 11 is 4.53. The highest BCUT2D eigenvalue weighted by Crippen LogP contribution is 2.40. The van der Waals surface area contributed by atoms with Crippen molar-refractivity contribution in [3.63, 3.8) is 0 Å². The number of rotatable bonds is 2. The molecule has 1 saturated heterocycles. The van der Waals surface area contributed by atoms with E-state index < -0.39 is 17.0 Å². The average Bonchev–Trinajstić information content (AvgIpc) is 2.54. The van der Waals surface area contributed by atoms with E-state index in [9.17, 15) is 9.18 Å². The van der Waals surface area contributed by atoms with Gasteiger partial charge in [0.15, 0.2) is 0 Å². The van der Waals surface area contributed by atoms with Crippen molar-refractivity contribution in [1.29, 1.82) is 5.26 Å². The van der Waals surface area contributed by atoms with E-state index in [1.165, 1.54) is 4.90 Å². The minimum Gasteiger partial charge on any atom is -0.323 e. The third kappa shape index (κ3) is 3.62. The van der Waals surface area contributed by atoms with Gasteiger partial charge in [0.2, 0.25) is 5.91 Å². The quantitative estimate of drug-likeness (QED) is 0.793. The van der Waals surface area contributed by atoms with Gasteiger partial charge in [-0.1, -0.05) is 34.6 Å². The Bertz CT molecular complexity index is 378. The Kier molecular flexibility index (Phi) is 4.56. The molecule has 0 saturated carbocycles. The SMILES string of the molecule is CC(C)(C)C(C(=O)N1C[C@@H](F)C[C@H]1C#N)C(C)(C)S. The van der Waals surface area contributed by atoms with Crippen LogP contribution in [0.5, 0.6) is 0 Å². The Hall–Kier alpha value is -0.760. The largest absolute Gasteiger partial charge is 0.323 e. The molecule has 0 aromatic heterocycles. The van der Waals surface area contributed by atoms with Crippen LogP contribution < -0.4 is 0 Å². The number of halogens is 1. The lowest BCUT2D eigenvalue weighted by atomic mass is 9.73. The van der Waals surface area contributed by atoms with Crippen LogP contribution in [0.2, 0.25) is 0 Å². The van der Waals surface area contributed by atoms with Gasteiger partial charge in [0.1, 0.15) is 12.2 Å². The van der Waals surface area contributed by atoms with Gasteiger partial charge >= 0.3 is 0 Å². The maximum atomic E-state index is 13.5. The minimum atomic E-state index is -1.10. The van der Waals surface area contributed by atoms with Crippen LogP contribution in [0.15, 0.2) is 0 Å². The number of likely N-dealkylation sites (tertiary alicyclic amines) is 1. The van der Waals surface area contributed by atoms with Gasteiger partial charge < -0.3 is 4.90 Å². The molecule has 1 unspecified atom stereocenters. The van der Waals surface area contributed by atoms with Crippen LogP contribution in [0.4, 0.5) is 4.39 Å². The van der Waals surface area contributed by atoms with Crippen LogP contribution in [-0.2, 0) is 4.79 Å². The number of hydrogen-bond donors (Lipinski definition) is 1. The molecule has 0 N–H and O–H groups in total. The van der Waals surface area contributed by atoms with Crippen molar-refractivity contribution in [2.45, 2.75) is 58.0 Å². The van der Waals surface area contributed by atoms with Crippen LogP contribution in [0.1, 0.15) is 41.0 Å². The van der Waals surface area contributed by atoms with Gasteiger partial charge in [0, 0.05) is 11.2 Å². The predicted octanol–water partition coefficient (Wildman–Crippen LogP) is 2.82. The molecule has 1 amide bonds. The van der Waals surface area contributed by atoms with Gasteiger partial charge in [0.25, 0.3) is 0 Å². The Morgan fingerprint density at radius 3 is 2.32 bits per heavy atom. The van der Waals surface area contributed by atoms with Gasteiger partial charge in [-0.3, -0.25) is 4.79 Å². The average molecular weight is 286 g/mol. The normalized spacial score (nSPS) is 26.1. The monoisotopic (exact) mass is 286 g/mol. The van der Waals surface area contributed by atoms with Crippen molar-refractivity contribution in [3.8, 4) is 6.07 Å². The second-order valence-electron chi connectivity index (χ2n) is 6.92. The van der Waals surface area contributed by atoms with Crippen molar-refractivity contribution in [3.05, 3.63) is 0 Å². The zero-order valence-corrected chi connectivity index (χ0v) is 13.2. The molecule has 0 aromatic rings. The first-order chi connectivity index (χ1) is 8.48. The smallest absolute Gasteiger partial charge is 0.228 e. The Balaban J connectivity index is 3.05. The number of carbonyl (C=O) groups is 1. The molecule has 1 aliphatic rings. The zero-order valence-electron chi connectivity index (χ0n) is 12.3. The maximum Gasteiger partial charge on any atom is 0.228 e. The summed E-state index contributed by atoms with van der Waals surface area (Å²) in [5, 5.41) is 9.06. The van der Waals surface area contributed by atoms with Crippen molar-refractivity contribution in [1.82, 2.24) is 4.90 Å². The summed E-state index contributed by atoms with van der Waals surface area (Å²) in [6.45, 7) is 9.70. The summed E-state index contributed by atoms with van der Waals surface area (Å²) in [6, 6.07) is 1.37. The van der Waals surface area contributed by atoms with Gasteiger partial charge in [-0.05, 0) is 5.41 Å². The third-order valence-electron chi connectivity index (χ3n) is 3.50. The topological polar surface area (TPSA) is 44.1 Å². The molecule has 0 aliphatic carbocycles. The second-order valence-corrected chi connectivity index (χ2v) is 8.07. The lowest BCUT2D eigenvalue weighted by molar-refractivity contribution is -0.140. The van der Waals surface area contributed by atoms with Crippen molar-refractivity contribution >= 4 is 18.5 Å². The number of nitrogens with zero attached hydrogens (tertiary/aromatic N) is 2. The molecular formula is C14H23FN2OS. The van der Waals surface area contributed by atoms with E-state index in [4.69, 9.17) is 5.26 Å². The Labute approximate surface area is 120 Å². The predicted molar refractivity (Wildman–Crippen MR) is 76.6 cm³/mol. The first kappa shape index (κ1) is 16.3. The number of nitriles is 1. The summed E-state index contributed by atoms with van der Waals surface area (Å²) < 4.78 is 12.9. The van der Waals surface area contributed by atoms with Crippen LogP contribution in [0.25, 0.3) is 0 Å². The van der Waals surface area contributed by atoms with Crippen LogP contribution >= 0.6 is 12.6 Å². The van der Waals surface area contributed by atoms with Crippen molar-refractivity contribution in [2.75, 3.05) is 6.54 Å². The molecule has 108 valence electrons. The standard InChI is InChI=1S/C14H23FN2OS/c1-13(2,3)11(14(4,5)19)12(18)17-8-9(15)6-10(17)7-16/h9-11,19H,6,8H2,1-5H3/t9-,10-,11?/m0/s1. The number of hydrogen-bond acceptors (Lipinski definition) is 3. The molecule has 0 radical (unpaired) electrons. The molecule has 0 spiro atoms. The molecule has 1 aliphatic heterocycles. The molecule has 5 heteroatoms. The van der Waals surface area contributed by atoms with Gasteiger partial charge in [-0.2, -0.15) is 17.9 Å². The summed E-state index contributed by atoms with van der Waals surface area (Å²) in [5.74, 6) is -0.538. The van der Waals surface area contributed by atoms with Crippen LogP contribution in [0.3, 0.4) is 0 Å².